The summed E-state index contributed by atoms with van der Waals surface area (Å²) in [5.41, 5.74) is 8.90. The number of fused-ring (bicyclic) bond motifs is 1. The molecule has 0 spiro atoms. The molecule has 0 fully saturated rings. The smallest absolute Gasteiger partial charge is 0.302 e. The van der Waals surface area contributed by atoms with Crippen molar-refractivity contribution in [2.24, 2.45) is 10.7 Å². The van der Waals surface area contributed by atoms with Crippen LogP contribution >= 0.6 is 27.5 Å². The van der Waals surface area contributed by atoms with Crippen molar-refractivity contribution in [3.8, 4) is 0 Å². The van der Waals surface area contributed by atoms with Crippen LogP contribution in [0.5, 0.6) is 0 Å². The van der Waals surface area contributed by atoms with Gasteiger partial charge in [0.05, 0.1) is 5.57 Å². The van der Waals surface area contributed by atoms with Crippen molar-refractivity contribution in [3.05, 3.63) is 92.4 Å². The number of halogens is 3. The number of amides is 1. The highest BCUT2D eigenvalue weighted by molar-refractivity contribution is 9.10. The minimum Gasteiger partial charge on any atom is -0.423 e. The monoisotopic (exact) mass is 568 g/mol. The van der Waals surface area contributed by atoms with Gasteiger partial charge >= 0.3 is 6.01 Å². The van der Waals surface area contributed by atoms with Gasteiger partial charge in [0.2, 0.25) is 11.9 Å². The molecular formula is C25H19BrClFN6O2. The lowest BCUT2D eigenvalue weighted by atomic mass is 9.94. The van der Waals surface area contributed by atoms with Gasteiger partial charge in [-0.1, -0.05) is 39.7 Å². The minimum atomic E-state index is -0.802. The van der Waals surface area contributed by atoms with Crippen LogP contribution in [0.25, 0.3) is 11.1 Å². The van der Waals surface area contributed by atoms with Crippen LogP contribution in [0.4, 0.5) is 16.2 Å². The van der Waals surface area contributed by atoms with Crippen LogP contribution in [0.15, 0.2) is 79.9 Å². The first-order chi connectivity index (χ1) is 17.2. The summed E-state index contributed by atoms with van der Waals surface area (Å²) in [5.74, 6) is -0.368. The van der Waals surface area contributed by atoms with Gasteiger partial charge in [0.25, 0.3) is 0 Å². The number of carbonyl (C=O) groups excluding carboxylic acids is 1. The number of hydrogen-bond acceptors (Lipinski definition) is 7. The molecule has 1 atom stereocenters. The molecule has 1 amide bonds. The molecule has 5 rings (SSSR count). The Hall–Kier alpha value is -3.76. The summed E-state index contributed by atoms with van der Waals surface area (Å²) >= 11 is 10.0. The molecular weight excluding hydrogens is 551 g/mol. The maximum absolute atomic E-state index is 13.7. The molecule has 8 nitrogen and oxygen atoms in total. The number of benzene rings is 2. The lowest BCUT2D eigenvalue weighted by Crippen LogP contribution is -2.42. The number of primary amides is 1. The van der Waals surface area contributed by atoms with E-state index in [1.54, 1.807) is 36.2 Å². The number of nitrogens with zero attached hydrogens (tertiary/aromatic N) is 4. The van der Waals surface area contributed by atoms with Gasteiger partial charge in [0, 0.05) is 33.0 Å². The van der Waals surface area contributed by atoms with Gasteiger partial charge in [-0.3, -0.25) is 15.0 Å². The summed E-state index contributed by atoms with van der Waals surface area (Å²) < 4.78 is 20.2. The number of hydrogen-bond donors (Lipinski definition) is 2. The molecule has 2 aromatic carbocycles. The van der Waals surface area contributed by atoms with Crippen LogP contribution in [-0.2, 0) is 4.79 Å². The van der Waals surface area contributed by atoms with Gasteiger partial charge in [0.15, 0.2) is 5.58 Å². The highest BCUT2D eigenvalue weighted by Crippen LogP contribution is 2.39. The molecule has 0 radical (unpaired) electrons. The molecule has 2 aromatic heterocycles. The Kier molecular flexibility index (Phi) is 6.23. The third-order valence-corrected chi connectivity index (χ3v) is 6.50. The Morgan fingerprint density at radius 1 is 1.19 bits per heavy atom. The molecule has 0 saturated carbocycles. The fourth-order valence-electron chi connectivity index (χ4n) is 4.05. The second-order valence-electron chi connectivity index (χ2n) is 8.17. The zero-order chi connectivity index (χ0) is 25.6. The number of aryl methyl sites for hydroxylation is 1. The number of rotatable bonds is 4. The quantitative estimate of drug-likeness (QED) is 0.318. The maximum atomic E-state index is 13.7. The van der Waals surface area contributed by atoms with Crippen LogP contribution in [0.1, 0.15) is 24.1 Å². The van der Waals surface area contributed by atoms with E-state index in [4.69, 9.17) is 26.7 Å². The van der Waals surface area contributed by atoms with Crippen LogP contribution < -0.4 is 16.0 Å². The second kappa shape index (κ2) is 9.36. The summed E-state index contributed by atoms with van der Waals surface area (Å²) in [6.45, 7) is 3.66. The van der Waals surface area contributed by atoms with Gasteiger partial charge in [-0.15, -0.1) is 0 Å². The Labute approximate surface area is 218 Å². The molecule has 4 aromatic rings. The van der Waals surface area contributed by atoms with Crippen molar-refractivity contribution in [2.75, 3.05) is 10.2 Å². The maximum Gasteiger partial charge on any atom is 0.302 e. The molecule has 11 heteroatoms. The van der Waals surface area contributed by atoms with Gasteiger partial charge in [-0.05, 0) is 49.7 Å². The van der Waals surface area contributed by atoms with E-state index < -0.39 is 17.8 Å². The van der Waals surface area contributed by atoms with Gasteiger partial charge < -0.3 is 10.2 Å². The lowest BCUT2D eigenvalue weighted by molar-refractivity contribution is -0.114. The summed E-state index contributed by atoms with van der Waals surface area (Å²) in [6, 6.07) is 12.4. The van der Waals surface area contributed by atoms with Gasteiger partial charge in [0.1, 0.15) is 23.2 Å². The number of guanidine groups is 1. The van der Waals surface area contributed by atoms with Crippen LogP contribution in [0.2, 0.25) is 5.02 Å². The van der Waals surface area contributed by atoms with Crippen molar-refractivity contribution < 1.29 is 13.6 Å². The first-order valence-electron chi connectivity index (χ1n) is 10.8. The summed E-state index contributed by atoms with van der Waals surface area (Å²) in [6.07, 6.45) is 1.61. The molecule has 1 unspecified atom stereocenters. The average Bonchev–Trinajstić information content (AvgIpc) is 3.20. The fraction of sp³-hybridized carbons (Fsp3) is 0.120. The van der Waals surface area contributed by atoms with Crippen LogP contribution in [0, 0.1) is 12.7 Å². The highest BCUT2D eigenvalue weighted by atomic mass is 79.9. The van der Waals surface area contributed by atoms with E-state index in [2.05, 4.69) is 31.2 Å². The van der Waals surface area contributed by atoms with E-state index in [9.17, 15) is 9.18 Å². The molecule has 1 aliphatic heterocycles. The number of nitrogens with one attached hydrogen (secondary N) is 1. The predicted molar refractivity (Wildman–Crippen MR) is 140 cm³/mol. The first kappa shape index (κ1) is 24.0. The summed E-state index contributed by atoms with van der Waals surface area (Å²) in [5, 5.41) is 3.51. The summed E-state index contributed by atoms with van der Waals surface area (Å²) in [4.78, 5) is 28.0. The largest absolute Gasteiger partial charge is 0.423 e. The second-order valence-corrected chi connectivity index (χ2v) is 9.49. The number of oxazole rings is 1. The van der Waals surface area contributed by atoms with Crippen LogP contribution in [0.3, 0.4) is 0 Å². The number of anilines is 2. The topological polar surface area (TPSA) is 110 Å². The third-order valence-electron chi connectivity index (χ3n) is 5.68. The SMILES string of the molecule is CC1=C(C(N)=O)C(c2ccc(C)cc2Cl)N=C(Nc2nc3ccc(F)cc3o2)N1c1cc(Br)ccn1. The average molecular weight is 570 g/mol. The Morgan fingerprint density at radius 2 is 2.00 bits per heavy atom. The Bertz CT molecular complexity index is 1580. The number of carbonyl (C=O) groups is 1. The van der Waals surface area contributed by atoms with E-state index in [-0.39, 0.29) is 23.1 Å². The van der Waals surface area contributed by atoms with E-state index in [0.29, 0.717) is 27.6 Å². The molecule has 0 bridgehead atoms. The standard InChI is InChI=1S/C25H19BrClFN6O2/c1-12-3-5-16(17(27)9-12)22-21(23(29)35)13(2)34(20-10-14(26)7-8-30-20)24(32-22)33-25-31-18-6-4-15(28)11-19(18)36-25/h3-11,22H,1-2H3,(H2,29,35)(H,31,32,33). The molecule has 0 aliphatic carbocycles. The lowest BCUT2D eigenvalue weighted by Gasteiger charge is -2.34. The van der Waals surface area contributed by atoms with Crippen molar-refractivity contribution in [3.63, 3.8) is 0 Å². The predicted octanol–water partition coefficient (Wildman–Crippen LogP) is 5.87. The normalized spacial score (nSPS) is 15.9. The number of nitrogens with two attached hydrogens (primary N) is 1. The van der Waals surface area contributed by atoms with Gasteiger partial charge in [-0.2, -0.15) is 4.98 Å². The van der Waals surface area contributed by atoms with Crippen molar-refractivity contribution in [2.45, 2.75) is 19.9 Å². The molecule has 3 N–H and O–H groups in total. The molecule has 0 saturated heterocycles. The molecule has 36 heavy (non-hydrogen) atoms. The fourth-order valence-corrected chi connectivity index (χ4v) is 4.71. The zero-order valence-electron chi connectivity index (χ0n) is 19.1. The van der Waals surface area contributed by atoms with E-state index in [0.717, 1.165) is 10.0 Å². The number of pyridine rings is 1. The number of allylic oxidation sites excluding steroid dienone is 1. The third kappa shape index (κ3) is 4.45. The first-order valence-corrected chi connectivity index (χ1v) is 12.0. The molecule has 182 valence electrons. The molecule has 1 aliphatic rings. The minimum absolute atomic E-state index is 0.0819. The zero-order valence-corrected chi connectivity index (χ0v) is 21.4. The Morgan fingerprint density at radius 3 is 2.72 bits per heavy atom. The van der Waals surface area contributed by atoms with Crippen molar-refractivity contribution in [1.82, 2.24) is 9.97 Å². The van der Waals surface area contributed by atoms with Crippen LogP contribution in [-0.4, -0.2) is 21.8 Å². The number of aromatic nitrogens is 2. The van der Waals surface area contributed by atoms with E-state index >= 15 is 0 Å². The van der Waals surface area contributed by atoms with E-state index in [1.807, 2.05) is 19.1 Å². The number of aliphatic imine (C=N–C) groups is 1. The summed E-state index contributed by atoms with van der Waals surface area (Å²) in [7, 11) is 0. The van der Waals surface area contributed by atoms with Crippen molar-refractivity contribution in [1.29, 1.82) is 0 Å². The van der Waals surface area contributed by atoms with Gasteiger partial charge in [-0.25, -0.2) is 14.4 Å². The molecule has 3 heterocycles. The van der Waals surface area contributed by atoms with Crippen molar-refractivity contribution >= 4 is 62.3 Å². The Balaban J connectivity index is 1.68. The highest BCUT2D eigenvalue weighted by Gasteiger charge is 2.35. The van der Waals surface area contributed by atoms with E-state index in [1.165, 1.54) is 18.2 Å².